The number of quaternary nitrogens is 1. The molecule has 0 saturated carbocycles. The van der Waals surface area contributed by atoms with Crippen LogP contribution in [0.1, 0.15) is 438 Å². The van der Waals surface area contributed by atoms with Crippen molar-refractivity contribution in [1.29, 1.82) is 0 Å². The zero-order chi connectivity index (χ0) is 68.3. The summed E-state index contributed by atoms with van der Waals surface area (Å²) in [5.74, 6) is -0.770. The second-order valence-corrected chi connectivity index (χ2v) is 31.3. The molecule has 0 rings (SSSR count). The van der Waals surface area contributed by atoms with Crippen molar-refractivity contribution in [3.63, 3.8) is 0 Å². The Bertz CT molecular complexity index is 1680. The molecule has 10 heteroatoms. The van der Waals surface area contributed by atoms with Crippen molar-refractivity contribution < 1.29 is 42.1 Å². The molecule has 0 radical (unpaired) electrons. The summed E-state index contributed by atoms with van der Waals surface area (Å²) >= 11 is 0. The van der Waals surface area contributed by atoms with E-state index in [4.69, 9.17) is 18.5 Å². The lowest BCUT2D eigenvalue weighted by molar-refractivity contribution is -0.870. The molecule has 2 atom stereocenters. The lowest BCUT2D eigenvalue weighted by Crippen LogP contribution is -2.37. The predicted octanol–water partition coefficient (Wildman–Crippen LogP) is 27.7. The second-order valence-electron chi connectivity index (χ2n) is 29.9. The maximum absolute atomic E-state index is 12.9. The molecule has 0 saturated heterocycles. The Morgan fingerprint density at radius 2 is 0.574 bits per heavy atom. The van der Waals surface area contributed by atoms with E-state index in [1.807, 2.05) is 21.1 Å². The number of phosphoric ester groups is 1. The van der Waals surface area contributed by atoms with Crippen LogP contribution in [-0.4, -0.2) is 74.9 Å². The summed E-state index contributed by atoms with van der Waals surface area (Å²) in [5, 5.41) is 0. The first-order valence-electron chi connectivity index (χ1n) is 41.7. The number of nitrogens with zero attached hydrogens (tertiary/aromatic N) is 1. The summed E-state index contributed by atoms with van der Waals surface area (Å²) in [5.41, 5.74) is 0. The van der Waals surface area contributed by atoms with Crippen LogP contribution in [0.3, 0.4) is 0 Å². The van der Waals surface area contributed by atoms with Gasteiger partial charge in [-0.3, -0.25) is 18.6 Å². The molecule has 2 unspecified atom stereocenters. The summed E-state index contributed by atoms with van der Waals surface area (Å²) in [6.07, 6.45) is 98.9. The van der Waals surface area contributed by atoms with E-state index in [0.717, 1.165) is 44.9 Å². The minimum Gasteiger partial charge on any atom is -0.462 e. The van der Waals surface area contributed by atoms with Crippen LogP contribution in [0.25, 0.3) is 0 Å². The zero-order valence-electron chi connectivity index (χ0n) is 63.7. The van der Waals surface area contributed by atoms with Gasteiger partial charge in [0.1, 0.15) is 19.8 Å². The largest absolute Gasteiger partial charge is 0.472 e. The molecule has 9 nitrogen and oxygen atoms in total. The van der Waals surface area contributed by atoms with Crippen molar-refractivity contribution in [3.8, 4) is 0 Å². The van der Waals surface area contributed by atoms with Crippen LogP contribution >= 0.6 is 7.82 Å². The monoisotopic (exact) mass is 1350 g/mol. The first-order chi connectivity index (χ1) is 46.0. The average Bonchev–Trinajstić information content (AvgIpc) is 1.57. The van der Waals surface area contributed by atoms with Crippen molar-refractivity contribution in [1.82, 2.24) is 0 Å². The molecular weight excluding hydrogens is 1180 g/mol. The molecule has 556 valence electrons. The minimum absolute atomic E-state index is 0.0356. The number of hydrogen-bond donors (Lipinski definition) is 1. The van der Waals surface area contributed by atoms with Gasteiger partial charge in [-0.2, -0.15) is 0 Å². The molecule has 0 aromatic rings. The SMILES string of the molecule is CCCCCCC/C=C\C/C=C\CCCCCCCCCCCCCCCCCCCCCCCCCCCCCCCC(=O)OC(COC(=O)CCCCCCCCCCCCCCCCCCC/C=C\CCCCCCCCCC)COP(=O)(O)OCC[N+](C)(C)C. The first-order valence-corrected chi connectivity index (χ1v) is 43.2. The van der Waals surface area contributed by atoms with E-state index in [-0.39, 0.29) is 25.6 Å². The molecule has 0 bridgehead atoms. The Labute approximate surface area is 586 Å². The van der Waals surface area contributed by atoms with Crippen LogP contribution in [0.5, 0.6) is 0 Å². The highest BCUT2D eigenvalue weighted by molar-refractivity contribution is 7.47. The maximum atomic E-state index is 12.9. The number of carbonyl (C=O) groups is 2. The molecule has 0 aromatic carbocycles. The normalized spacial score (nSPS) is 13.1. The van der Waals surface area contributed by atoms with E-state index in [0.29, 0.717) is 17.4 Å². The fraction of sp³-hybridized carbons (Fsp3) is 0.905. The Morgan fingerprint density at radius 3 is 0.851 bits per heavy atom. The summed E-state index contributed by atoms with van der Waals surface area (Å²) in [4.78, 5) is 36.0. The van der Waals surface area contributed by atoms with Crippen LogP contribution in [0.4, 0.5) is 0 Å². The van der Waals surface area contributed by atoms with E-state index in [1.165, 1.54) is 366 Å². The van der Waals surface area contributed by atoms with Gasteiger partial charge >= 0.3 is 19.8 Å². The summed E-state index contributed by atoms with van der Waals surface area (Å²) < 4.78 is 34.9. The van der Waals surface area contributed by atoms with Gasteiger partial charge in [0.25, 0.3) is 0 Å². The number of phosphoric acid groups is 1. The quantitative estimate of drug-likeness (QED) is 0.0211. The summed E-state index contributed by atoms with van der Waals surface area (Å²) in [7, 11) is 1.50. The Hall–Kier alpha value is -1.77. The summed E-state index contributed by atoms with van der Waals surface area (Å²) in [6.45, 7) is 4.51. The van der Waals surface area contributed by atoms with Crippen molar-refractivity contribution >= 4 is 19.8 Å². The van der Waals surface area contributed by atoms with Crippen molar-refractivity contribution in [3.05, 3.63) is 36.5 Å². The second kappa shape index (κ2) is 75.4. The molecule has 0 aliphatic rings. The van der Waals surface area contributed by atoms with Crippen molar-refractivity contribution in [2.45, 2.75) is 444 Å². The van der Waals surface area contributed by atoms with Crippen molar-refractivity contribution in [2.24, 2.45) is 0 Å². The van der Waals surface area contributed by atoms with Gasteiger partial charge in [-0.15, -0.1) is 0 Å². The van der Waals surface area contributed by atoms with E-state index in [1.54, 1.807) is 0 Å². The molecule has 0 fully saturated rings. The highest BCUT2D eigenvalue weighted by Gasteiger charge is 2.27. The first kappa shape index (κ1) is 92.2. The summed E-state index contributed by atoms with van der Waals surface area (Å²) in [6, 6.07) is 0. The molecule has 0 aromatic heterocycles. The Kier molecular flexibility index (Phi) is 74.0. The molecule has 0 heterocycles. The number of hydrogen-bond acceptors (Lipinski definition) is 7. The molecule has 0 spiro atoms. The van der Waals surface area contributed by atoms with Gasteiger partial charge in [-0.25, -0.2) is 4.57 Å². The lowest BCUT2D eigenvalue weighted by atomic mass is 10.0. The van der Waals surface area contributed by atoms with E-state index in [2.05, 4.69) is 50.3 Å². The Morgan fingerprint density at radius 1 is 0.330 bits per heavy atom. The fourth-order valence-corrected chi connectivity index (χ4v) is 13.5. The van der Waals surface area contributed by atoms with Crippen LogP contribution < -0.4 is 0 Å². The predicted molar refractivity (Wildman–Crippen MR) is 409 cm³/mol. The standard InChI is InChI=1S/C84H162NO8P/c1-6-8-10-12-14-16-18-20-22-24-26-28-30-32-34-36-37-38-39-40-41-42-43-44-45-46-47-49-51-53-55-57-59-61-63-65-67-69-71-73-75-77-84(87)93-82(81-92-94(88,89)91-79-78-85(3,4)5)80-90-83(86)76-74-72-70-68-66-64-62-60-58-56-54-52-50-48-35-33-31-29-27-25-23-21-19-17-15-13-11-9-7-2/h18,20,24-27,82H,6-17,19,21-23,28-81H2,1-5H3/p+1/b20-18-,26-24-,27-25-. The Balaban J connectivity index is 3.86. The molecule has 1 N–H and O–H groups in total. The van der Waals surface area contributed by atoms with Crippen LogP contribution in [-0.2, 0) is 32.7 Å². The van der Waals surface area contributed by atoms with Gasteiger partial charge in [-0.05, 0) is 70.6 Å². The van der Waals surface area contributed by atoms with E-state index in [9.17, 15) is 19.0 Å². The molecule has 0 aliphatic carbocycles. The number of carbonyl (C=O) groups excluding carboxylic acids is 2. The highest BCUT2D eigenvalue weighted by Crippen LogP contribution is 2.43. The van der Waals surface area contributed by atoms with Gasteiger partial charge in [0.2, 0.25) is 0 Å². The van der Waals surface area contributed by atoms with E-state index < -0.39 is 26.5 Å². The van der Waals surface area contributed by atoms with Gasteiger partial charge in [0.15, 0.2) is 6.10 Å². The minimum atomic E-state index is -4.39. The number of esters is 2. The average molecular weight is 1350 g/mol. The lowest BCUT2D eigenvalue weighted by Gasteiger charge is -2.24. The van der Waals surface area contributed by atoms with Gasteiger partial charge in [-0.1, -0.05) is 391 Å². The zero-order valence-corrected chi connectivity index (χ0v) is 64.6. The number of likely N-dealkylation sites (N-methyl/N-ethyl adjacent to an activating group) is 1. The number of rotatable bonds is 79. The van der Waals surface area contributed by atoms with Gasteiger partial charge in [0.05, 0.1) is 27.7 Å². The van der Waals surface area contributed by atoms with Gasteiger partial charge in [0, 0.05) is 12.8 Å². The molecule has 94 heavy (non-hydrogen) atoms. The highest BCUT2D eigenvalue weighted by atomic mass is 31.2. The number of unbranched alkanes of at least 4 members (excludes halogenated alkanes) is 59. The number of allylic oxidation sites excluding steroid dienone is 6. The molecule has 0 amide bonds. The van der Waals surface area contributed by atoms with Crippen LogP contribution in [0.2, 0.25) is 0 Å². The van der Waals surface area contributed by atoms with E-state index >= 15 is 0 Å². The third-order valence-electron chi connectivity index (χ3n) is 19.1. The van der Waals surface area contributed by atoms with Gasteiger partial charge < -0.3 is 18.9 Å². The van der Waals surface area contributed by atoms with Crippen molar-refractivity contribution in [2.75, 3.05) is 47.5 Å². The smallest absolute Gasteiger partial charge is 0.462 e. The number of ether oxygens (including phenoxy) is 2. The third kappa shape index (κ3) is 79.2. The third-order valence-corrected chi connectivity index (χ3v) is 20.1. The molecule has 0 aliphatic heterocycles. The molecular formula is C84H163NO8P+. The topological polar surface area (TPSA) is 108 Å². The van der Waals surface area contributed by atoms with Crippen LogP contribution in [0, 0.1) is 0 Å². The van der Waals surface area contributed by atoms with Crippen LogP contribution in [0.15, 0.2) is 36.5 Å². The fourth-order valence-electron chi connectivity index (χ4n) is 12.8. The maximum Gasteiger partial charge on any atom is 0.472 e.